The molecule has 0 aromatic carbocycles. The molecule has 0 aromatic heterocycles. The molecular formula is C49H100N2. The van der Waals surface area contributed by atoms with Crippen LogP contribution in [-0.2, 0) is 0 Å². The highest BCUT2D eigenvalue weighted by Crippen LogP contribution is 2.27. The Morgan fingerprint density at radius 1 is 0.412 bits per heavy atom. The first-order valence-corrected chi connectivity index (χ1v) is 24.0. The molecule has 1 aliphatic rings. The van der Waals surface area contributed by atoms with Crippen LogP contribution in [0.25, 0.3) is 0 Å². The van der Waals surface area contributed by atoms with Gasteiger partial charge in [-0.15, -0.1) is 0 Å². The molecule has 0 spiro atoms. The standard InChI is InChI=1S/C49H100N2/c1-44-34-29-25-21-17-14-12-10-9-11-13-15-20-24-28-32-41-51(8)48(5)37-33-36-46(3)47(4)39-38-45(2)42-50-43-49(6,7)40-31-27-23-19-16-18-22-26-30-35-44/h44-48,50H,9-43H2,1-8H3. The molecule has 0 saturated carbocycles. The first-order valence-electron chi connectivity index (χ1n) is 24.0. The molecule has 5 unspecified atom stereocenters. The molecule has 0 bridgehead atoms. The molecule has 0 amide bonds. The molecule has 2 heteroatoms. The summed E-state index contributed by atoms with van der Waals surface area (Å²) in [7, 11) is 2.37. The van der Waals surface area contributed by atoms with Crippen molar-refractivity contribution in [3.8, 4) is 0 Å². The molecule has 1 N–H and O–H groups in total. The van der Waals surface area contributed by atoms with Gasteiger partial charge in [0.15, 0.2) is 0 Å². The predicted molar refractivity (Wildman–Crippen MR) is 233 cm³/mol. The Hall–Kier alpha value is -0.0800. The van der Waals surface area contributed by atoms with E-state index >= 15 is 0 Å². The number of hydrogen-bond donors (Lipinski definition) is 1. The van der Waals surface area contributed by atoms with Gasteiger partial charge < -0.3 is 10.2 Å². The third kappa shape index (κ3) is 30.9. The molecule has 5 atom stereocenters. The Balaban J connectivity index is 2.34. The third-order valence-corrected chi connectivity index (χ3v) is 13.5. The largest absolute Gasteiger partial charge is 0.316 e. The summed E-state index contributed by atoms with van der Waals surface area (Å²) in [5.74, 6) is 3.43. The molecule has 0 radical (unpaired) electrons. The Morgan fingerprint density at radius 2 is 0.824 bits per heavy atom. The van der Waals surface area contributed by atoms with E-state index in [4.69, 9.17) is 0 Å². The van der Waals surface area contributed by atoms with E-state index in [0.29, 0.717) is 5.41 Å². The monoisotopic (exact) mass is 717 g/mol. The van der Waals surface area contributed by atoms with Gasteiger partial charge in [-0.2, -0.15) is 0 Å². The van der Waals surface area contributed by atoms with Gasteiger partial charge in [0.05, 0.1) is 0 Å². The number of rotatable bonds is 0. The lowest BCUT2D eigenvalue weighted by Gasteiger charge is -2.27. The van der Waals surface area contributed by atoms with Crippen molar-refractivity contribution in [2.24, 2.45) is 29.1 Å². The molecular weight excluding hydrogens is 617 g/mol. The molecule has 0 aliphatic carbocycles. The predicted octanol–water partition coefficient (Wildman–Crippen LogP) is 16.0. The van der Waals surface area contributed by atoms with Crippen molar-refractivity contribution in [3.05, 3.63) is 0 Å². The highest BCUT2D eigenvalue weighted by atomic mass is 15.1. The highest BCUT2D eigenvalue weighted by Gasteiger charge is 2.19. The molecule has 1 aliphatic heterocycles. The van der Waals surface area contributed by atoms with Crippen LogP contribution in [0.3, 0.4) is 0 Å². The minimum atomic E-state index is 0.426. The summed E-state index contributed by atoms with van der Waals surface area (Å²) in [6.07, 6.45) is 46.3. The lowest BCUT2D eigenvalue weighted by molar-refractivity contribution is 0.227. The fraction of sp³-hybridized carbons (Fsp3) is 1.00. The van der Waals surface area contributed by atoms with Gasteiger partial charge in [0.1, 0.15) is 0 Å². The van der Waals surface area contributed by atoms with Crippen LogP contribution in [0.15, 0.2) is 0 Å². The lowest BCUT2D eigenvalue weighted by Crippen LogP contribution is -2.32. The van der Waals surface area contributed by atoms with Crippen LogP contribution in [0.1, 0.15) is 254 Å². The SMILES string of the molecule is CC1CCCCCCCCCCCCCCCCCN(C)C(C)CCCC(C)C(C)CCC(C)CNCC(C)(C)CCCCCCCCCCC1. The quantitative estimate of drug-likeness (QED) is 0.268. The van der Waals surface area contributed by atoms with Crippen LogP contribution in [0.4, 0.5) is 0 Å². The number of nitrogens with zero attached hydrogens (tertiary/aromatic N) is 1. The molecule has 51 heavy (non-hydrogen) atoms. The van der Waals surface area contributed by atoms with Gasteiger partial charge in [-0.05, 0) is 81.8 Å². The van der Waals surface area contributed by atoms with Gasteiger partial charge in [0.2, 0.25) is 0 Å². The van der Waals surface area contributed by atoms with Crippen LogP contribution in [0.5, 0.6) is 0 Å². The first-order chi connectivity index (χ1) is 24.6. The number of hydrogen-bond acceptors (Lipinski definition) is 2. The van der Waals surface area contributed by atoms with Crippen molar-refractivity contribution in [1.82, 2.24) is 10.2 Å². The van der Waals surface area contributed by atoms with Gasteiger partial charge in [-0.3, -0.25) is 0 Å². The second kappa shape index (κ2) is 33.3. The van der Waals surface area contributed by atoms with Crippen molar-refractivity contribution < 1.29 is 0 Å². The summed E-state index contributed by atoms with van der Waals surface area (Å²) < 4.78 is 0. The minimum Gasteiger partial charge on any atom is -0.316 e. The molecule has 1 saturated heterocycles. The van der Waals surface area contributed by atoms with Gasteiger partial charge >= 0.3 is 0 Å². The van der Waals surface area contributed by atoms with Crippen molar-refractivity contribution in [2.75, 3.05) is 26.7 Å². The van der Waals surface area contributed by atoms with Crippen LogP contribution in [-0.4, -0.2) is 37.6 Å². The van der Waals surface area contributed by atoms with Crippen molar-refractivity contribution in [3.63, 3.8) is 0 Å². The van der Waals surface area contributed by atoms with Crippen LogP contribution in [0.2, 0.25) is 0 Å². The smallest absolute Gasteiger partial charge is 0.00638 e. The second-order valence-corrected chi connectivity index (χ2v) is 19.6. The van der Waals surface area contributed by atoms with Crippen LogP contribution < -0.4 is 5.32 Å². The maximum atomic E-state index is 3.87. The normalized spacial score (nSPS) is 30.9. The van der Waals surface area contributed by atoms with E-state index in [-0.39, 0.29) is 0 Å². The summed E-state index contributed by atoms with van der Waals surface area (Å²) >= 11 is 0. The Bertz CT molecular complexity index is 717. The van der Waals surface area contributed by atoms with Crippen molar-refractivity contribution in [1.29, 1.82) is 0 Å². The molecule has 2 nitrogen and oxygen atoms in total. The van der Waals surface area contributed by atoms with E-state index in [1.165, 1.54) is 225 Å². The molecule has 306 valence electrons. The zero-order chi connectivity index (χ0) is 37.4. The molecule has 1 rings (SSSR count). The van der Waals surface area contributed by atoms with E-state index < -0.39 is 0 Å². The molecule has 0 aromatic rings. The zero-order valence-corrected chi connectivity index (χ0v) is 37.1. The van der Waals surface area contributed by atoms with Gasteiger partial charge in [-0.1, -0.05) is 221 Å². The number of nitrogens with one attached hydrogen (secondary N) is 1. The average molecular weight is 717 g/mol. The second-order valence-electron chi connectivity index (χ2n) is 19.6. The van der Waals surface area contributed by atoms with Crippen LogP contribution in [0, 0.1) is 29.1 Å². The first kappa shape index (κ1) is 48.9. The summed E-state index contributed by atoms with van der Waals surface area (Å²) in [5.41, 5.74) is 0.426. The summed E-state index contributed by atoms with van der Waals surface area (Å²) in [4.78, 5) is 2.65. The van der Waals surface area contributed by atoms with E-state index in [2.05, 4.69) is 65.7 Å². The molecule has 1 fully saturated rings. The molecule has 1 heterocycles. The summed E-state index contributed by atoms with van der Waals surface area (Å²) in [5, 5.41) is 3.87. The van der Waals surface area contributed by atoms with Crippen molar-refractivity contribution in [2.45, 2.75) is 260 Å². The highest BCUT2D eigenvalue weighted by molar-refractivity contribution is 4.74. The van der Waals surface area contributed by atoms with E-state index in [1.54, 1.807) is 0 Å². The lowest BCUT2D eigenvalue weighted by atomic mass is 9.85. The Kier molecular flexibility index (Phi) is 31.9. The van der Waals surface area contributed by atoms with E-state index in [9.17, 15) is 0 Å². The van der Waals surface area contributed by atoms with Gasteiger partial charge in [-0.25, -0.2) is 0 Å². The minimum absolute atomic E-state index is 0.426. The average Bonchev–Trinajstić information content (AvgIpc) is 3.10. The zero-order valence-electron chi connectivity index (χ0n) is 37.1. The summed E-state index contributed by atoms with van der Waals surface area (Å²) in [6, 6.07) is 0.727. The van der Waals surface area contributed by atoms with Crippen molar-refractivity contribution >= 4 is 0 Å². The van der Waals surface area contributed by atoms with Gasteiger partial charge in [0, 0.05) is 12.6 Å². The fourth-order valence-electron chi connectivity index (χ4n) is 8.77. The fourth-order valence-corrected chi connectivity index (χ4v) is 8.77. The Morgan fingerprint density at radius 3 is 1.31 bits per heavy atom. The maximum Gasteiger partial charge on any atom is 0.00638 e. The van der Waals surface area contributed by atoms with E-state index in [0.717, 1.165) is 29.7 Å². The Labute approximate surface area is 325 Å². The van der Waals surface area contributed by atoms with E-state index in [1.807, 2.05) is 0 Å². The summed E-state index contributed by atoms with van der Waals surface area (Å²) in [6.45, 7) is 21.1. The third-order valence-electron chi connectivity index (χ3n) is 13.5. The van der Waals surface area contributed by atoms with Crippen LogP contribution >= 0.6 is 0 Å². The topological polar surface area (TPSA) is 15.3 Å². The maximum absolute atomic E-state index is 3.87. The van der Waals surface area contributed by atoms with Gasteiger partial charge in [0.25, 0.3) is 0 Å².